The summed E-state index contributed by atoms with van der Waals surface area (Å²) < 4.78 is 5.53. The van der Waals surface area contributed by atoms with Gasteiger partial charge in [-0.05, 0) is 12.0 Å². The van der Waals surface area contributed by atoms with E-state index in [9.17, 15) is 4.79 Å². The maximum atomic E-state index is 12.3. The molecule has 1 aromatic heterocycles. The third kappa shape index (κ3) is 3.13. The first-order valence-corrected chi connectivity index (χ1v) is 7.75. The Hall–Kier alpha value is -2.30. The molecule has 0 radical (unpaired) electrons. The van der Waals surface area contributed by atoms with Crippen LogP contribution in [0.25, 0.3) is 0 Å². The Balaban J connectivity index is 1.56. The average molecular weight is 299 g/mol. The van der Waals surface area contributed by atoms with Crippen LogP contribution >= 0.6 is 0 Å². The van der Waals surface area contributed by atoms with Gasteiger partial charge in [-0.1, -0.05) is 37.3 Å². The monoisotopic (exact) mass is 299 g/mol. The predicted octanol–water partition coefficient (Wildman–Crippen LogP) is 3.10. The van der Waals surface area contributed by atoms with Crippen LogP contribution in [0.15, 0.2) is 36.7 Å². The third-order valence-electron chi connectivity index (χ3n) is 4.20. The molecule has 116 valence electrons. The first kappa shape index (κ1) is 14.6. The summed E-state index contributed by atoms with van der Waals surface area (Å²) in [5, 5.41) is 0. The second kappa shape index (κ2) is 6.64. The number of hydrogen-bond acceptors (Lipinski definition) is 3. The maximum Gasteiger partial charge on any atom is 0.410 e. The number of aromatic amines is 1. The molecular formula is C17H21N3O2. The van der Waals surface area contributed by atoms with Crippen LogP contribution in [0.1, 0.15) is 36.2 Å². The molecule has 1 amide bonds. The minimum atomic E-state index is -0.241. The van der Waals surface area contributed by atoms with Crippen molar-refractivity contribution in [3.63, 3.8) is 0 Å². The van der Waals surface area contributed by atoms with Crippen molar-refractivity contribution in [2.75, 3.05) is 13.2 Å². The van der Waals surface area contributed by atoms with Crippen molar-refractivity contribution in [3.8, 4) is 0 Å². The van der Waals surface area contributed by atoms with Gasteiger partial charge < -0.3 is 14.6 Å². The van der Waals surface area contributed by atoms with Gasteiger partial charge in [-0.25, -0.2) is 9.78 Å². The molecule has 3 rings (SSSR count). The minimum absolute atomic E-state index is 0.241. The Bertz CT molecular complexity index is 624. The minimum Gasteiger partial charge on any atom is -0.449 e. The van der Waals surface area contributed by atoms with Crippen molar-refractivity contribution >= 4 is 6.09 Å². The molecule has 1 aromatic carbocycles. The summed E-state index contributed by atoms with van der Waals surface area (Å²) >= 11 is 0. The SMILES string of the molecule is CCC(COC(=O)N1CCc2nc[nH]c2C1)c1ccccc1. The highest BCUT2D eigenvalue weighted by atomic mass is 16.6. The number of rotatable bonds is 4. The molecule has 0 spiro atoms. The summed E-state index contributed by atoms with van der Waals surface area (Å²) in [5.41, 5.74) is 3.28. The average Bonchev–Trinajstić information content (AvgIpc) is 3.03. The zero-order chi connectivity index (χ0) is 15.4. The predicted molar refractivity (Wildman–Crippen MR) is 83.5 cm³/mol. The highest BCUT2D eigenvalue weighted by Crippen LogP contribution is 2.21. The first-order chi connectivity index (χ1) is 10.8. The summed E-state index contributed by atoms with van der Waals surface area (Å²) in [5.74, 6) is 0.248. The molecule has 22 heavy (non-hydrogen) atoms. The second-order valence-corrected chi connectivity index (χ2v) is 5.59. The Morgan fingerprint density at radius 1 is 1.41 bits per heavy atom. The van der Waals surface area contributed by atoms with Crippen LogP contribution in [0.4, 0.5) is 4.79 Å². The van der Waals surface area contributed by atoms with Gasteiger partial charge in [-0.3, -0.25) is 0 Å². The standard InChI is InChI=1S/C17H21N3O2/c1-2-13(14-6-4-3-5-7-14)11-22-17(21)20-9-8-15-16(10-20)19-12-18-15/h3-7,12-13H,2,8-11H2,1H3,(H,18,19). The number of benzene rings is 1. The van der Waals surface area contributed by atoms with Crippen LogP contribution in [0.5, 0.6) is 0 Å². The normalized spacial score (nSPS) is 15.2. The van der Waals surface area contributed by atoms with Gasteiger partial charge in [0.1, 0.15) is 6.61 Å². The van der Waals surface area contributed by atoms with Crippen molar-refractivity contribution < 1.29 is 9.53 Å². The van der Waals surface area contributed by atoms with Crippen molar-refractivity contribution in [2.45, 2.75) is 32.2 Å². The van der Waals surface area contributed by atoms with Gasteiger partial charge in [0, 0.05) is 18.9 Å². The van der Waals surface area contributed by atoms with E-state index in [1.54, 1.807) is 11.2 Å². The number of hydrogen-bond donors (Lipinski definition) is 1. The Morgan fingerprint density at radius 3 is 3.00 bits per heavy atom. The van der Waals surface area contributed by atoms with Gasteiger partial charge in [0.25, 0.3) is 0 Å². The van der Waals surface area contributed by atoms with E-state index < -0.39 is 0 Å². The summed E-state index contributed by atoms with van der Waals surface area (Å²) in [6, 6.07) is 10.2. The molecule has 2 heterocycles. The zero-order valence-electron chi connectivity index (χ0n) is 12.8. The van der Waals surface area contributed by atoms with E-state index in [1.807, 2.05) is 18.2 Å². The topological polar surface area (TPSA) is 58.2 Å². The number of aromatic nitrogens is 2. The van der Waals surface area contributed by atoms with E-state index in [1.165, 1.54) is 5.56 Å². The number of nitrogens with one attached hydrogen (secondary N) is 1. The Labute approximate surface area is 130 Å². The molecule has 0 aliphatic carbocycles. The van der Waals surface area contributed by atoms with Gasteiger partial charge in [0.05, 0.1) is 24.3 Å². The third-order valence-corrected chi connectivity index (χ3v) is 4.20. The van der Waals surface area contributed by atoms with Gasteiger partial charge in [-0.15, -0.1) is 0 Å². The molecule has 5 nitrogen and oxygen atoms in total. The van der Waals surface area contributed by atoms with Gasteiger partial charge in [-0.2, -0.15) is 0 Å². The number of imidazole rings is 1. The van der Waals surface area contributed by atoms with E-state index in [0.717, 1.165) is 24.2 Å². The number of nitrogens with zero attached hydrogens (tertiary/aromatic N) is 2. The van der Waals surface area contributed by atoms with E-state index in [2.05, 4.69) is 29.0 Å². The first-order valence-electron chi connectivity index (χ1n) is 7.75. The van der Waals surface area contributed by atoms with Crippen LogP contribution < -0.4 is 0 Å². The number of amides is 1. The summed E-state index contributed by atoms with van der Waals surface area (Å²) in [7, 11) is 0. The fraction of sp³-hybridized carbons (Fsp3) is 0.412. The van der Waals surface area contributed by atoms with E-state index in [4.69, 9.17) is 4.74 Å². The van der Waals surface area contributed by atoms with Gasteiger partial charge >= 0.3 is 6.09 Å². The Morgan fingerprint density at radius 2 is 2.23 bits per heavy atom. The fourth-order valence-electron chi connectivity index (χ4n) is 2.81. The van der Waals surface area contributed by atoms with Crippen molar-refractivity contribution in [3.05, 3.63) is 53.6 Å². The summed E-state index contributed by atoms with van der Waals surface area (Å²) in [4.78, 5) is 21.3. The number of ether oxygens (including phenoxy) is 1. The molecule has 1 unspecified atom stereocenters. The van der Waals surface area contributed by atoms with E-state index >= 15 is 0 Å². The van der Waals surface area contributed by atoms with Gasteiger partial charge in [0.2, 0.25) is 0 Å². The molecule has 0 bridgehead atoms. The molecule has 0 fully saturated rings. The molecular weight excluding hydrogens is 278 g/mol. The van der Waals surface area contributed by atoms with Crippen molar-refractivity contribution in [2.24, 2.45) is 0 Å². The second-order valence-electron chi connectivity index (χ2n) is 5.59. The smallest absolute Gasteiger partial charge is 0.410 e. The fourth-order valence-corrected chi connectivity index (χ4v) is 2.81. The lowest BCUT2D eigenvalue weighted by Crippen LogP contribution is -2.37. The highest BCUT2D eigenvalue weighted by molar-refractivity contribution is 5.68. The highest BCUT2D eigenvalue weighted by Gasteiger charge is 2.24. The molecule has 1 aliphatic rings. The number of carbonyl (C=O) groups excluding carboxylic acids is 1. The molecule has 0 saturated carbocycles. The summed E-state index contributed by atoms with van der Waals surface area (Å²) in [6.07, 6.45) is 3.17. The molecule has 1 aliphatic heterocycles. The van der Waals surface area contributed by atoms with Crippen LogP contribution in [0.2, 0.25) is 0 Å². The van der Waals surface area contributed by atoms with Crippen molar-refractivity contribution in [1.82, 2.24) is 14.9 Å². The number of fused-ring (bicyclic) bond motifs is 1. The molecule has 2 aromatic rings. The largest absolute Gasteiger partial charge is 0.449 e. The zero-order valence-corrected chi connectivity index (χ0v) is 12.8. The molecule has 0 saturated heterocycles. The van der Waals surface area contributed by atoms with E-state index in [0.29, 0.717) is 19.7 Å². The quantitative estimate of drug-likeness (QED) is 0.943. The molecule has 5 heteroatoms. The molecule has 1 atom stereocenters. The Kier molecular flexibility index (Phi) is 4.42. The van der Waals surface area contributed by atoms with Crippen LogP contribution in [0, 0.1) is 0 Å². The lowest BCUT2D eigenvalue weighted by molar-refractivity contribution is 0.0911. The molecule has 1 N–H and O–H groups in total. The maximum absolute atomic E-state index is 12.3. The van der Waals surface area contributed by atoms with Crippen LogP contribution in [0.3, 0.4) is 0 Å². The van der Waals surface area contributed by atoms with E-state index in [-0.39, 0.29) is 12.0 Å². The van der Waals surface area contributed by atoms with Gasteiger partial charge in [0.15, 0.2) is 0 Å². The van der Waals surface area contributed by atoms with Crippen LogP contribution in [-0.2, 0) is 17.7 Å². The van der Waals surface area contributed by atoms with Crippen LogP contribution in [-0.4, -0.2) is 34.1 Å². The van der Waals surface area contributed by atoms with Crippen molar-refractivity contribution in [1.29, 1.82) is 0 Å². The summed E-state index contributed by atoms with van der Waals surface area (Å²) in [6.45, 7) is 3.75. The lowest BCUT2D eigenvalue weighted by Gasteiger charge is -2.26. The lowest BCUT2D eigenvalue weighted by atomic mass is 9.98. The number of H-pyrrole nitrogens is 1. The number of carbonyl (C=O) groups is 1.